The largest absolute Gasteiger partial charge is 0.332 e. The van der Waals surface area contributed by atoms with E-state index in [-0.39, 0.29) is 11.6 Å². The molecule has 6 heteroatoms. The molecule has 90 valence electrons. The van der Waals surface area contributed by atoms with Crippen molar-refractivity contribution in [3.63, 3.8) is 0 Å². The molecule has 1 unspecified atom stereocenters. The summed E-state index contributed by atoms with van der Waals surface area (Å²) in [4.78, 5) is 17.9. The molecule has 1 atom stereocenters. The zero-order valence-corrected chi connectivity index (χ0v) is 9.51. The molecule has 6 nitrogen and oxygen atoms in total. The highest BCUT2D eigenvalue weighted by atomic mass is 16.5. The van der Waals surface area contributed by atoms with Crippen molar-refractivity contribution < 1.29 is 4.52 Å². The maximum absolute atomic E-state index is 11.1. The van der Waals surface area contributed by atoms with E-state index in [0.29, 0.717) is 23.8 Å². The number of hydrogen-bond donors (Lipinski definition) is 2. The lowest BCUT2D eigenvalue weighted by molar-refractivity contribution is 0.418. The van der Waals surface area contributed by atoms with Crippen LogP contribution in [-0.2, 0) is 6.42 Å². The van der Waals surface area contributed by atoms with Crippen LogP contribution in [0.15, 0.2) is 27.5 Å². The highest BCUT2D eigenvalue weighted by molar-refractivity contribution is 5.45. The Kier molecular flexibility index (Phi) is 3.34. The first-order chi connectivity index (χ1) is 8.19. The second-order valence-corrected chi connectivity index (χ2v) is 3.82. The van der Waals surface area contributed by atoms with Crippen LogP contribution >= 0.6 is 0 Å². The Morgan fingerprint density at radius 3 is 3.06 bits per heavy atom. The maximum Gasteiger partial charge on any atom is 0.274 e. The fourth-order valence-corrected chi connectivity index (χ4v) is 1.40. The number of aromatic amines is 1. The Bertz CT molecular complexity index is 546. The van der Waals surface area contributed by atoms with E-state index in [1.807, 2.05) is 6.92 Å². The van der Waals surface area contributed by atoms with Crippen LogP contribution in [0.25, 0.3) is 11.6 Å². The van der Waals surface area contributed by atoms with E-state index < -0.39 is 0 Å². The third kappa shape index (κ3) is 2.79. The SMILES string of the molecule is CCC(N)Cc1noc(-c2cccc(=O)[nH]2)n1. The van der Waals surface area contributed by atoms with Gasteiger partial charge in [0.2, 0.25) is 5.56 Å². The molecule has 0 radical (unpaired) electrons. The summed E-state index contributed by atoms with van der Waals surface area (Å²) < 4.78 is 5.06. The molecule has 0 amide bonds. The zero-order valence-electron chi connectivity index (χ0n) is 9.51. The number of nitrogens with one attached hydrogen (secondary N) is 1. The first-order valence-electron chi connectivity index (χ1n) is 5.47. The normalized spacial score (nSPS) is 12.6. The highest BCUT2D eigenvalue weighted by Crippen LogP contribution is 2.12. The number of nitrogens with zero attached hydrogens (tertiary/aromatic N) is 2. The number of pyridine rings is 1. The molecule has 0 aliphatic carbocycles. The second kappa shape index (κ2) is 4.92. The van der Waals surface area contributed by atoms with E-state index >= 15 is 0 Å². The lowest BCUT2D eigenvalue weighted by Gasteiger charge is -2.02. The molecule has 0 aliphatic rings. The molecule has 3 N–H and O–H groups in total. The first kappa shape index (κ1) is 11.5. The van der Waals surface area contributed by atoms with Crippen molar-refractivity contribution in [1.82, 2.24) is 15.1 Å². The van der Waals surface area contributed by atoms with Crippen LogP contribution in [0, 0.1) is 0 Å². The summed E-state index contributed by atoms with van der Waals surface area (Å²) in [6, 6.07) is 4.79. The van der Waals surface area contributed by atoms with Crippen LogP contribution in [0.1, 0.15) is 19.2 Å². The molecule has 2 heterocycles. The number of hydrogen-bond acceptors (Lipinski definition) is 5. The van der Waals surface area contributed by atoms with Crippen molar-refractivity contribution in [2.24, 2.45) is 5.73 Å². The van der Waals surface area contributed by atoms with E-state index in [2.05, 4.69) is 15.1 Å². The molecule has 0 saturated heterocycles. The van der Waals surface area contributed by atoms with Gasteiger partial charge in [-0.15, -0.1) is 0 Å². The minimum atomic E-state index is -0.201. The van der Waals surface area contributed by atoms with Gasteiger partial charge in [-0.3, -0.25) is 4.79 Å². The van der Waals surface area contributed by atoms with Crippen LogP contribution in [0.4, 0.5) is 0 Å². The smallest absolute Gasteiger partial charge is 0.274 e. The monoisotopic (exact) mass is 234 g/mol. The Labute approximate surface area is 97.9 Å². The van der Waals surface area contributed by atoms with Crippen molar-refractivity contribution in [3.05, 3.63) is 34.4 Å². The van der Waals surface area contributed by atoms with Crippen molar-refractivity contribution in [2.75, 3.05) is 0 Å². The van der Waals surface area contributed by atoms with Gasteiger partial charge in [0.25, 0.3) is 5.89 Å². The molecule has 2 aromatic rings. The van der Waals surface area contributed by atoms with Crippen LogP contribution in [0.3, 0.4) is 0 Å². The molecular weight excluding hydrogens is 220 g/mol. The van der Waals surface area contributed by atoms with E-state index in [4.69, 9.17) is 10.3 Å². The van der Waals surface area contributed by atoms with Crippen molar-refractivity contribution in [2.45, 2.75) is 25.8 Å². The van der Waals surface area contributed by atoms with Gasteiger partial charge in [0.05, 0.1) is 0 Å². The zero-order chi connectivity index (χ0) is 12.3. The van der Waals surface area contributed by atoms with Crippen LogP contribution in [-0.4, -0.2) is 21.2 Å². The fourth-order valence-electron chi connectivity index (χ4n) is 1.40. The molecule has 17 heavy (non-hydrogen) atoms. The molecule has 0 aliphatic heterocycles. The average Bonchev–Trinajstić information content (AvgIpc) is 2.77. The Hall–Kier alpha value is -1.95. The highest BCUT2D eigenvalue weighted by Gasteiger charge is 2.11. The minimum Gasteiger partial charge on any atom is -0.332 e. The molecule has 0 saturated carbocycles. The van der Waals surface area contributed by atoms with Crippen LogP contribution in [0.2, 0.25) is 0 Å². The van der Waals surface area contributed by atoms with Gasteiger partial charge in [-0.1, -0.05) is 18.1 Å². The van der Waals surface area contributed by atoms with Gasteiger partial charge in [-0.25, -0.2) is 0 Å². The van der Waals surface area contributed by atoms with Gasteiger partial charge in [0.1, 0.15) is 5.69 Å². The summed E-state index contributed by atoms with van der Waals surface area (Å²) in [5.74, 6) is 0.861. The molecule has 0 fully saturated rings. The van der Waals surface area contributed by atoms with E-state index in [0.717, 1.165) is 6.42 Å². The average molecular weight is 234 g/mol. The Morgan fingerprint density at radius 1 is 1.53 bits per heavy atom. The number of aromatic nitrogens is 3. The summed E-state index contributed by atoms with van der Waals surface area (Å²) in [5, 5.41) is 3.82. The summed E-state index contributed by atoms with van der Waals surface area (Å²) in [6.07, 6.45) is 1.42. The number of H-pyrrole nitrogens is 1. The predicted octanol–water partition coefficient (Wildman–Crippen LogP) is 0.705. The minimum absolute atomic E-state index is 0.0234. The summed E-state index contributed by atoms with van der Waals surface area (Å²) in [5.41, 5.74) is 6.11. The van der Waals surface area contributed by atoms with E-state index in [1.54, 1.807) is 12.1 Å². The summed E-state index contributed by atoms with van der Waals surface area (Å²) >= 11 is 0. The molecule has 0 spiro atoms. The van der Waals surface area contributed by atoms with Crippen molar-refractivity contribution in [3.8, 4) is 11.6 Å². The summed E-state index contributed by atoms with van der Waals surface area (Å²) in [7, 11) is 0. The lowest BCUT2D eigenvalue weighted by Crippen LogP contribution is -2.21. The van der Waals surface area contributed by atoms with Gasteiger partial charge in [-0.05, 0) is 12.5 Å². The van der Waals surface area contributed by atoms with Crippen LogP contribution in [0.5, 0.6) is 0 Å². The van der Waals surface area contributed by atoms with Gasteiger partial charge < -0.3 is 15.2 Å². The van der Waals surface area contributed by atoms with Gasteiger partial charge >= 0.3 is 0 Å². The van der Waals surface area contributed by atoms with Gasteiger partial charge in [0.15, 0.2) is 5.82 Å². The first-order valence-corrected chi connectivity index (χ1v) is 5.47. The standard InChI is InChI=1S/C11H14N4O2/c1-2-7(12)6-9-14-11(17-15-9)8-4-3-5-10(16)13-8/h3-5,7H,2,6,12H2,1H3,(H,13,16). The maximum atomic E-state index is 11.1. The van der Waals surface area contributed by atoms with Crippen molar-refractivity contribution in [1.29, 1.82) is 0 Å². The summed E-state index contributed by atoms with van der Waals surface area (Å²) in [6.45, 7) is 2.00. The lowest BCUT2D eigenvalue weighted by atomic mass is 10.2. The number of nitrogens with two attached hydrogens (primary N) is 1. The Morgan fingerprint density at radius 2 is 2.35 bits per heavy atom. The fraction of sp³-hybridized carbons (Fsp3) is 0.364. The third-order valence-electron chi connectivity index (χ3n) is 2.44. The van der Waals surface area contributed by atoms with E-state index in [1.165, 1.54) is 6.07 Å². The Balaban J connectivity index is 2.21. The van der Waals surface area contributed by atoms with Crippen molar-refractivity contribution >= 4 is 0 Å². The van der Waals surface area contributed by atoms with Crippen LogP contribution < -0.4 is 11.3 Å². The van der Waals surface area contributed by atoms with Gasteiger partial charge in [0, 0.05) is 18.5 Å². The topological polar surface area (TPSA) is 97.8 Å². The quantitative estimate of drug-likeness (QED) is 0.811. The third-order valence-corrected chi connectivity index (χ3v) is 2.44. The molecular formula is C11H14N4O2. The molecule has 2 rings (SSSR count). The second-order valence-electron chi connectivity index (χ2n) is 3.82. The molecule has 0 bridgehead atoms. The number of rotatable bonds is 4. The van der Waals surface area contributed by atoms with Gasteiger partial charge in [-0.2, -0.15) is 4.98 Å². The van der Waals surface area contributed by atoms with E-state index in [9.17, 15) is 4.79 Å². The predicted molar refractivity (Wildman–Crippen MR) is 62.3 cm³/mol. The molecule has 2 aromatic heterocycles. The molecule has 0 aromatic carbocycles.